The lowest BCUT2D eigenvalue weighted by molar-refractivity contribution is -0.385. The summed E-state index contributed by atoms with van der Waals surface area (Å²) in [6.45, 7) is 0.239. The highest BCUT2D eigenvalue weighted by atomic mass is 127. The fourth-order valence-corrected chi connectivity index (χ4v) is 3.43. The fourth-order valence-electron chi connectivity index (χ4n) is 2.73. The zero-order valence-electron chi connectivity index (χ0n) is 16.1. The number of halogens is 2. The molecule has 158 valence electrons. The van der Waals surface area contributed by atoms with Crippen molar-refractivity contribution >= 4 is 40.4 Å². The van der Waals surface area contributed by atoms with Crippen molar-refractivity contribution in [2.24, 2.45) is 5.10 Å². The number of rotatable bonds is 8. The number of nitrogens with one attached hydrogen (secondary N) is 1. The largest absolute Gasteiger partial charge is 0.488 e. The monoisotopic (exact) mass is 533 g/mol. The van der Waals surface area contributed by atoms with Crippen LogP contribution in [0.2, 0.25) is 0 Å². The summed E-state index contributed by atoms with van der Waals surface area (Å²) < 4.78 is 19.8. The van der Waals surface area contributed by atoms with Crippen LogP contribution in [0, 0.1) is 19.5 Å². The minimum Gasteiger partial charge on any atom is -0.488 e. The fraction of sp³-hybridized carbons (Fsp3) is 0.0909. The van der Waals surface area contributed by atoms with Crippen molar-refractivity contribution in [2.75, 3.05) is 0 Å². The van der Waals surface area contributed by atoms with Gasteiger partial charge in [-0.3, -0.25) is 14.9 Å². The number of carbonyl (C=O) groups is 1. The van der Waals surface area contributed by atoms with E-state index in [1.807, 2.05) is 6.07 Å². The topological polar surface area (TPSA) is 93.8 Å². The lowest BCUT2D eigenvalue weighted by Crippen LogP contribution is -2.20. The van der Waals surface area contributed by atoms with Crippen LogP contribution >= 0.6 is 22.6 Å². The van der Waals surface area contributed by atoms with Crippen molar-refractivity contribution in [3.8, 4) is 5.75 Å². The van der Waals surface area contributed by atoms with E-state index >= 15 is 0 Å². The van der Waals surface area contributed by atoms with Crippen LogP contribution in [-0.2, 0) is 17.8 Å². The lowest BCUT2D eigenvalue weighted by atomic mass is 10.1. The summed E-state index contributed by atoms with van der Waals surface area (Å²) >= 11 is 2.11. The van der Waals surface area contributed by atoms with Crippen LogP contribution < -0.4 is 10.2 Å². The van der Waals surface area contributed by atoms with Gasteiger partial charge in [0.2, 0.25) is 5.91 Å². The second-order valence-corrected chi connectivity index (χ2v) is 7.63. The van der Waals surface area contributed by atoms with E-state index in [0.717, 1.165) is 14.7 Å². The Morgan fingerprint density at radius 1 is 1.16 bits per heavy atom. The standard InChI is InChI=1S/C22H17FIN3O4/c23-18-6-3-4-16(10-18)14-31-21-9-8-15(11-19(21)24)13-25-26-22(28)12-17-5-1-2-7-20(17)27(29)30/h1-11,13H,12,14H2,(H,26,28)/b25-13+. The third-order valence-corrected chi connectivity index (χ3v) is 5.02. The molecule has 0 saturated carbocycles. The van der Waals surface area contributed by atoms with Crippen LogP contribution in [0.4, 0.5) is 10.1 Å². The second kappa shape index (κ2) is 10.6. The molecule has 0 aliphatic carbocycles. The van der Waals surface area contributed by atoms with Gasteiger partial charge in [-0.2, -0.15) is 5.10 Å². The van der Waals surface area contributed by atoms with E-state index in [1.54, 1.807) is 36.4 Å². The quantitative estimate of drug-likeness (QED) is 0.198. The van der Waals surface area contributed by atoms with E-state index in [2.05, 4.69) is 33.1 Å². The van der Waals surface area contributed by atoms with Crippen molar-refractivity contribution in [2.45, 2.75) is 13.0 Å². The Bertz CT molecular complexity index is 1140. The molecule has 0 bridgehead atoms. The van der Waals surface area contributed by atoms with Gasteiger partial charge in [-0.25, -0.2) is 9.82 Å². The number of benzene rings is 3. The number of hydrogen-bond acceptors (Lipinski definition) is 5. The molecule has 0 spiro atoms. The van der Waals surface area contributed by atoms with Crippen LogP contribution in [0.15, 0.2) is 71.8 Å². The van der Waals surface area contributed by atoms with Crippen LogP contribution in [0.1, 0.15) is 16.7 Å². The van der Waals surface area contributed by atoms with Gasteiger partial charge in [-0.05, 0) is 64.0 Å². The molecule has 3 aromatic rings. The molecule has 0 fully saturated rings. The van der Waals surface area contributed by atoms with Gasteiger partial charge in [-0.1, -0.05) is 30.3 Å². The van der Waals surface area contributed by atoms with Crippen LogP contribution in [0.3, 0.4) is 0 Å². The molecule has 3 rings (SSSR count). The highest BCUT2D eigenvalue weighted by Gasteiger charge is 2.15. The van der Waals surface area contributed by atoms with Gasteiger partial charge in [-0.15, -0.1) is 0 Å². The lowest BCUT2D eigenvalue weighted by Gasteiger charge is -2.09. The minimum absolute atomic E-state index is 0.106. The molecule has 0 radical (unpaired) electrons. The number of para-hydroxylation sites is 1. The first-order valence-corrected chi connectivity index (χ1v) is 10.2. The third kappa shape index (κ3) is 6.57. The first-order chi connectivity index (χ1) is 14.9. The summed E-state index contributed by atoms with van der Waals surface area (Å²) in [5.41, 5.74) is 4.03. The summed E-state index contributed by atoms with van der Waals surface area (Å²) in [5, 5.41) is 14.9. The molecule has 0 unspecified atom stereocenters. The van der Waals surface area contributed by atoms with Gasteiger partial charge >= 0.3 is 0 Å². The minimum atomic E-state index is -0.522. The van der Waals surface area contributed by atoms with E-state index in [0.29, 0.717) is 11.3 Å². The maximum Gasteiger partial charge on any atom is 0.273 e. The summed E-state index contributed by atoms with van der Waals surface area (Å²) in [4.78, 5) is 22.5. The molecule has 31 heavy (non-hydrogen) atoms. The number of hydrogen-bond donors (Lipinski definition) is 1. The molecular formula is C22H17FIN3O4. The average molecular weight is 533 g/mol. The Kier molecular flexibility index (Phi) is 7.65. The van der Waals surface area contributed by atoms with Crippen LogP contribution in [-0.4, -0.2) is 17.0 Å². The molecule has 0 aliphatic heterocycles. The van der Waals surface area contributed by atoms with Gasteiger partial charge in [0.15, 0.2) is 0 Å². The van der Waals surface area contributed by atoms with Crippen molar-refractivity contribution in [3.05, 3.63) is 103 Å². The predicted octanol–water partition coefficient (Wildman–Crippen LogP) is 4.61. The summed E-state index contributed by atoms with van der Waals surface area (Å²) in [5.74, 6) is -0.135. The smallest absolute Gasteiger partial charge is 0.273 e. The van der Waals surface area contributed by atoms with E-state index in [4.69, 9.17) is 4.74 Å². The molecule has 0 saturated heterocycles. The molecule has 0 aromatic heterocycles. The number of amides is 1. The first-order valence-electron chi connectivity index (χ1n) is 9.13. The van der Waals surface area contributed by atoms with Gasteiger partial charge in [0.25, 0.3) is 5.69 Å². The number of nitro groups is 1. The van der Waals surface area contributed by atoms with Gasteiger partial charge < -0.3 is 4.74 Å². The van der Waals surface area contributed by atoms with Crippen LogP contribution in [0.5, 0.6) is 5.75 Å². The molecular weight excluding hydrogens is 516 g/mol. The van der Waals surface area contributed by atoms with Gasteiger partial charge in [0.1, 0.15) is 18.2 Å². The van der Waals surface area contributed by atoms with Gasteiger partial charge in [0.05, 0.1) is 21.1 Å². The Labute approximate surface area is 191 Å². The highest BCUT2D eigenvalue weighted by molar-refractivity contribution is 14.1. The maximum atomic E-state index is 13.2. The molecule has 0 aliphatic rings. The van der Waals surface area contributed by atoms with E-state index in [-0.39, 0.29) is 24.5 Å². The van der Waals surface area contributed by atoms with Crippen molar-refractivity contribution in [1.82, 2.24) is 5.43 Å². The van der Waals surface area contributed by atoms with E-state index in [9.17, 15) is 19.3 Å². The molecule has 0 atom stereocenters. The maximum absolute atomic E-state index is 13.2. The van der Waals surface area contributed by atoms with Crippen molar-refractivity contribution in [3.63, 3.8) is 0 Å². The Morgan fingerprint density at radius 2 is 1.97 bits per heavy atom. The normalized spacial score (nSPS) is 10.8. The number of ether oxygens (including phenoxy) is 1. The SMILES string of the molecule is O=C(Cc1ccccc1[N+](=O)[O-])N/N=C/c1ccc(OCc2cccc(F)c2)c(I)c1. The van der Waals surface area contributed by atoms with E-state index in [1.165, 1.54) is 30.5 Å². The number of nitro benzene ring substituents is 1. The van der Waals surface area contributed by atoms with Crippen molar-refractivity contribution < 1.29 is 18.8 Å². The molecule has 1 amide bonds. The Balaban J connectivity index is 1.56. The zero-order valence-corrected chi connectivity index (χ0v) is 18.3. The Hall–Kier alpha value is -3.34. The average Bonchev–Trinajstić information content (AvgIpc) is 2.73. The van der Waals surface area contributed by atoms with Crippen molar-refractivity contribution in [1.29, 1.82) is 0 Å². The molecule has 7 nitrogen and oxygen atoms in total. The molecule has 9 heteroatoms. The Morgan fingerprint density at radius 3 is 2.71 bits per heavy atom. The number of hydrazone groups is 1. The second-order valence-electron chi connectivity index (χ2n) is 6.46. The summed E-state index contributed by atoms with van der Waals surface area (Å²) in [7, 11) is 0. The van der Waals surface area contributed by atoms with Gasteiger partial charge in [0, 0.05) is 11.6 Å². The van der Waals surface area contributed by atoms with Crippen LogP contribution in [0.25, 0.3) is 0 Å². The third-order valence-electron chi connectivity index (χ3n) is 4.18. The zero-order chi connectivity index (χ0) is 22.2. The highest BCUT2D eigenvalue weighted by Crippen LogP contribution is 2.23. The van der Waals surface area contributed by atoms with E-state index < -0.39 is 10.8 Å². The summed E-state index contributed by atoms with van der Waals surface area (Å²) in [6.07, 6.45) is 1.31. The molecule has 3 aromatic carbocycles. The number of nitrogens with zero attached hydrogens (tertiary/aromatic N) is 2. The first kappa shape index (κ1) is 22.3. The number of carbonyl (C=O) groups excluding carboxylic acids is 1. The molecule has 1 N–H and O–H groups in total. The predicted molar refractivity (Wildman–Crippen MR) is 122 cm³/mol. The summed E-state index contributed by atoms with van der Waals surface area (Å²) in [6, 6.07) is 17.6. The molecule has 0 heterocycles.